The van der Waals surface area contributed by atoms with E-state index >= 15 is 0 Å². The van der Waals surface area contributed by atoms with E-state index in [0.29, 0.717) is 17.7 Å². The second kappa shape index (κ2) is 13.0. The van der Waals surface area contributed by atoms with E-state index < -0.39 is 10.0 Å². The van der Waals surface area contributed by atoms with Crippen LogP contribution in [0.2, 0.25) is 0 Å². The summed E-state index contributed by atoms with van der Waals surface area (Å²) in [6.07, 6.45) is 5.35. The number of para-hydroxylation sites is 2. The minimum Gasteiger partial charge on any atom is -0.493 e. The maximum Gasteiger partial charge on any atom is 0.263 e. The van der Waals surface area contributed by atoms with Crippen LogP contribution < -0.4 is 18.9 Å². The summed E-state index contributed by atoms with van der Waals surface area (Å²) in [6, 6.07) is 15.2. The highest BCUT2D eigenvalue weighted by atomic mass is 32.2. The third-order valence-corrected chi connectivity index (χ3v) is 6.94. The van der Waals surface area contributed by atoms with Gasteiger partial charge in [-0.15, -0.1) is 0 Å². The fraction of sp³-hybridized carbons (Fsp3) is 0.259. The van der Waals surface area contributed by atoms with Crippen molar-refractivity contribution in [2.45, 2.75) is 31.1 Å². The van der Waals surface area contributed by atoms with Crippen LogP contribution in [0.15, 0.2) is 71.9 Å². The molecule has 0 aliphatic carbocycles. The van der Waals surface area contributed by atoms with Crippen molar-refractivity contribution in [1.82, 2.24) is 19.9 Å². The Kier molecular flexibility index (Phi) is 9.23. The Morgan fingerprint density at radius 1 is 0.923 bits per heavy atom. The summed E-state index contributed by atoms with van der Waals surface area (Å²) >= 11 is 0. The van der Waals surface area contributed by atoms with E-state index in [4.69, 9.17) is 14.2 Å². The summed E-state index contributed by atoms with van der Waals surface area (Å²) in [7, 11) is -2.66. The molecule has 4 aromatic rings. The van der Waals surface area contributed by atoms with E-state index in [1.54, 1.807) is 54.6 Å². The minimum atomic E-state index is -4.14. The Morgan fingerprint density at radius 3 is 2.36 bits per heavy atom. The lowest BCUT2D eigenvalue weighted by Gasteiger charge is -2.18. The molecule has 204 valence electrons. The van der Waals surface area contributed by atoms with Gasteiger partial charge in [-0.25, -0.2) is 23.4 Å². The van der Waals surface area contributed by atoms with Crippen LogP contribution >= 0.6 is 0 Å². The van der Waals surface area contributed by atoms with E-state index in [-0.39, 0.29) is 53.0 Å². The predicted octanol–water partition coefficient (Wildman–Crippen LogP) is 4.25. The molecule has 0 atom stereocenters. The number of aromatic nitrogens is 4. The first-order chi connectivity index (χ1) is 19.0. The van der Waals surface area contributed by atoms with Crippen molar-refractivity contribution >= 4 is 15.8 Å². The smallest absolute Gasteiger partial charge is 0.263 e. The van der Waals surface area contributed by atoms with Crippen molar-refractivity contribution in [2.24, 2.45) is 0 Å². The topological polar surface area (TPSA) is 146 Å². The Bertz CT molecular complexity index is 1500. The van der Waals surface area contributed by atoms with Crippen LogP contribution in [-0.4, -0.2) is 53.8 Å². The lowest BCUT2D eigenvalue weighted by molar-refractivity contribution is 0.192. The summed E-state index contributed by atoms with van der Waals surface area (Å²) < 4.78 is 47.2. The van der Waals surface area contributed by atoms with Crippen molar-refractivity contribution in [3.63, 3.8) is 0 Å². The molecule has 0 aliphatic rings. The van der Waals surface area contributed by atoms with Gasteiger partial charge in [-0.05, 0) is 42.7 Å². The number of nitrogens with zero attached hydrogens (tertiary/aromatic N) is 4. The highest BCUT2D eigenvalue weighted by Gasteiger charge is 2.27. The molecule has 0 spiro atoms. The fourth-order valence-electron chi connectivity index (χ4n) is 3.68. The molecule has 2 N–H and O–H groups in total. The molecule has 0 saturated carbocycles. The zero-order valence-electron chi connectivity index (χ0n) is 21.6. The Balaban J connectivity index is 1.88. The molecule has 0 radical (unpaired) electrons. The number of hydrogen-bond acceptors (Lipinski definition) is 10. The lowest BCUT2D eigenvalue weighted by atomic mass is 10.1. The van der Waals surface area contributed by atoms with E-state index in [1.165, 1.54) is 19.5 Å². The SMILES string of the molecule is CCCCc1ccccc1S(=O)(=O)Nc1nc(-c2ncccn2)nc(OCCO)c1Oc1ccccc1OC. The number of sulfonamides is 1. The third kappa shape index (κ3) is 6.78. The van der Waals surface area contributed by atoms with Crippen molar-refractivity contribution < 1.29 is 27.7 Å². The van der Waals surface area contributed by atoms with Gasteiger partial charge in [-0.2, -0.15) is 4.98 Å². The summed E-state index contributed by atoms with van der Waals surface area (Å²) in [5.74, 6) is 0.347. The molecular weight excluding hydrogens is 522 g/mol. The summed E-state index contributed by atoms with van der Waals surface area (Å²) in [6.45, 7) is 1.58. The average Bonchev–Trinajstić information content (AvgIpc) is 2.96. The molecule has 0 bridgehead atoms. The van der Waals surface area contributed by atoms with Crippen LogP contribution in [0.25, 0.3) is 11.6 Å². The van der Waals surface area contributed by atoms with Crippen molar-refractivity contribution in [2.75, 3.05) is 25.0 Å². The number of benzene rings is 2. The molecule has 4 rings (SSSR count). The van der Waals surface area contributed by atoms with E-state index in [9.17, 15) is 13.5 Å². The van der Waals surface area contributed by atoms with Gasteiger partial charge in [0.25, 0.3) is 15.9 Å². The number of methoxy groups -OCH3 is 1. The molecule has 0 saturated heterocycles. The first-order valence-corrected chi connectivity index (χ1v) is 13.8. The number of aliphatic hydroxyl groups excluding tert-OH is 1. The lowest BCUT2D eigenvalue weighted by Crippen LogP contribution is -2.18. The third-order valence-electron chi connectivity index (χ3n) is 5.50. The van der Waals surface area contributed by atoms with Crippen molar-refractivity contribution in [3.8, 4) is 34.8 Å². The van der Waals surface area contributed by atoms with Crippen LogP contribution in [0.4, 0.5) is 5.82 Å². The number of nitrogens with one attached hydrogen (secondary N) is 1. The first-order valence-electron chi connectivity index (χ1n) is 12.3. The van der Waals surface area contributed by atoms with E-state index in [2.05, 4.69) is 24.7 Å². The van der Waals surface area contributed by atoms with Crippen molar-refractivity contribution in [1.29, 1.82) is 0 Å². The number of unbranched alkanes of at least 4 members (excludes halogenated alkanes) is 1. The maximum atomic E-state index is 13.7. The zero-order valence-corrected chi connectivity index (χ0v) is 22.4. The van der Waals surface area contributed by atoms with Gasteiger partial charge in [0.05, 0.1) is 18.6 Å². The van der Waals surface area contributed by atoms with Gasteiger partial charge in [-0.3, -0.25) is 4.72 Å². The van der Waals surface area contributed by atoms with E-state index in [1.807, 2.05) is 6.92 Å². The van der Waals surface area contributed by atoms with Crippen LogP contribution in [0.5, 0.6) is 23.1 Å². The number of rotatable bonds is 13. The van der Waals surface area contributed by atoms with Gasteiger partial charge in [-0.1, -0.05) is 43.7 Å². The Labute approximate surface area is 226 Å². The number of aliphatic hydroxyl groups is 1. The minimum absolute atomic E-state index is 0.00659. The molecule has 12 heteroatoms. The molecule has 0 fully saturated rings. The molecule has 39 heavy (non-hydrogen) atoms. The second-order valence-corrected chi connectivity index (χ2v) is 9.90. The number of anilines is 1. The molecule has 0 amide bonds. The summed E-state index contributed by atoms with van der Waals surface area (Å²) in [4.78, 5) is 17.3. The second-order valence-electron chi connectivity index (χ2n) is 8.24. The van der Waals surface area contributed by atoms with Gasteiger partial charge < -0.3 is 19.3 Å². The first kappa shape index (κ1) is 27.7. The fourth-order valence-corrected chi connectivity index (χ4v) is 4.96. The van der Waals surface area contributed by atoms with Crippen LogP contribution in [0.1, 0.15) is 25.3 Å². The van der Waals surface area contributed by atoms with E-state index in [0.717, 1.165) is 12.8 Å². The van der Waals surface area contributed by atoms with Gasteiger partial charge in [0.2, 0.25) is 11.6 Å². The number of ether oxygens (including phenoxy) is 3. The van der Waals surface area contributed by atoms with Gasteiger partial charge in [0, 0.05) is 12.4 Å². The van der Waals surface area contributed by atoms with Crippen LogP contribution in [0, 0.1) is 0 Å². The quantitative estimate of drug-likeness (QED) is 0.247. The molecule has 0 unspecified atom stereocenters. The number of hydrogen-bond donors (Lipinski definition) is 2. The number of aryl methyl sites for hydroxylation is 1. The highest BCUT2D eigenvalue weighted by Crippen LogP contribution is 2.41. The van der Waals surface area contributed by atoms with Crippen molar-refractivity contribution in [3.05, 3.63) is 72.6 Å². The molecule has 2 heterocycles. The van der Waals surface area contributed by atoms with Crippen LogP contribution in [0.3, 0.4) is 0 Å². The largest absolute Gasteiger partial charge is 0.493 e. The summed E-state index contributed by atoms with van der Waals surface area (Å²) in [5, 5.41) is 9.42. The van der Waals surface area contributed by atoms with Gasteiger partial charge >= 0.3 is 0 Å². The monoisotopic (exact) mass is 551 g/mol. The van der Waals surface area contributed by atoms with Gasteiger partial charge in [0.1, 0.15) is 6.61 Å². The standard InChI is InChI=1S/C27H29N5O6S/c1-3-4-10-19-11-5-8-14-22(19)39(34,35)32-24-23(38-21-13-7-6-12-20(21)36-2)27(37-18-17-33)31-26(30-24)25-28-15-9-16-29-25/h5-9,11-16,33H,3-4,10,17-18H2,1-2H3,(H,30,31,32). The Hall–Kier alpha value is -4.29. The normalized spacial score (nSPS) is 11.2. The Morgan fingerprint density at radius 2 is 1.64 bits per heavy atom. The average molecular weight is 552 g/mol. The van der Waals surface area contributed by atoms with Crippen LogP contribution in [-0.2, 0) is 16.4 Å². The molecule has 11 nitrogen and oxygen atoms in total. The predicted molar refractivity (Wildman–Crippen MR) is 145 cm³/mol. The molecule has 2 aromatic heterocycles. The molecule has 2 aromatic carbocycles. The zero-order chi connectivity index (χ0) is 27.7. The summed E-state index contributed by atoms with van der Waals surface area (Å²) in [5.41, 5.74) is 0.677. The maximum absolute atomic E-state index is 13.7. The molecule has 0 aliphatic heterocycles. The van der Waals surface area contributed by atoms with Gasteiger partial charge in [0.15, 0.2) is 23.1 Å². The molecular formula is C27H29N5O6S. The highest BCUT2D eigenvalue weighted by molar-refractivity contribution is 7.92.